The largest absolute Gasteiger partial charge is 0.455 e. The van der Waals surface area contributed by atoms with E-state index in [9.17, 15) is 0 Å². The molecule has 0 fully saturated rings. The summed E-state index contributed by atoms with van der Waals surface area (Å²) in [4.78, 5) is 4.61. The first kappa shape index (κ1) is 39.1. The maximum absolute atomic E-state index is 6.72. The Morgan fingerprint density at radius 2 is 1.04 bits per heavy atom. The minimum Gasteiger partial charge on any atom is -0.455 e. The minimum atomic E-state index is -0.736. The van der Waals surface area contributed by atoms with E-state index in [0.717, 1.165) is 55.1 Å². The van der Waals surface area contributed by atoms with E-state index in [1.54, 1.807) is 11.8 Å². The summed E-state index contributed by atoms with van der Waals surface area (Å²) in [6.07, 6.45) is 4.78. The molecule has 12 aromatic rings. The third-order valence-corrected chi connectivity index (χ3v) is 16.3. The number of anilines is 3. The maximum Gasteiger partial charge on any atom is 0.142 e. The van der Waals surface area contributed by atoms with Crippen LogP contribution in [0.4, 0.5) is 17.1 Å². The highest BCUT2D eigenvalue weighted by atomic mass is 32.2. The van der Waals surface area contributed by atoms with E-state index >= 15 is 0 Å². The summed E-state index contributed by atoms with van der Waals surface area (Å²) in [5, 5.41) is 4.92. The summed E-state index contributed by atoms with van der Waals surface area (Å²) in [6.45, 7) is 0. The summed E-state index contributed by atoms with van der Waals surface area (Å²) >= 11 is 3.70. The zero-order chi connectivity index (χ0) is 44.8. The first-order chi connectivity index (χ1) is 33.7. The second-order valence-electron chi connectivity index (χ2n) is 17.5. The molecule has 0 bridgehead atoms. The molecule has 3 nitrogen and oxygen atoms in total. The van der Waals surface area contributed by atoms with Gasteiger partial charge in [0.25, 0.3) is 0 Å². The monoisotopic (exact) mass is 904 g/mol. The molecule has 0 saturated heterocycles. The molecular formula is C63H40N2OS2. The van der Waals surface area contributed by atoms with Crippen molar-refractivity contribution < 1.29 is 4.74 Å². The molecular weight excluding hydrogens is 865 g/mol. The average Bonchev–Trinajstić information content (AvgIpc) is 3.91. The lowest BCUT2D eigenvalue weighted by Crippen LogP contribution is -2.32. The van der Waals surface area contributed by atoms with Crippen LogP contribution in [0.5, 0.6) is 11.5 Å². The van der Waals surface area contributed by atoms with Gasteiger partial charge in [-0.2, -0.15) is 0 Å². The molecule has 2 aromatic heterocycles. The molecule has 68 heavy (non-hydrogen) atoms. The highest BCUT2D eigenvalue weighted by Crippen LogP contribution is 2.58. The second kappa shape index (κ2) is 15.5. The Labute approximate surface area is 402 Å². The van der Waals surface area contributed by atoms with Crippen LogP contribution >= 0.6 is 23.1 Å². The van der Waals surface area contributed by atoms with E-state index in [4.69, 9.17) is 4.74 Å². The lowest BCUT2D eigenvalue weighted by atomic mass is 9.63. The van der Waals surface area contributed by atoms with Gasteiger partial charge < -0.3 is 14.2 Å². The molecule has 0 spiro atoms. The molecule has 3 heterocycles. The maximum atomic E-state index is 6.72. The van der Waals surface area contributed by atoms with Gasteiger partial charge in [0.05, 0.1) is 31.9 Å². The Hall–Kier alpha value is -8.09. The van der Waals surface area contributed by atoms with Gasteiger partial charge in [-0.05, 0) is 112 Å². The molecule has 0 N–H and O–H groups in total. The predicted octanol–water partition coefficient (Wildman–Crippen LogP) is 17.7. The van der Waals surface area contributed by atoms with Gasteiger partial charge in [-0.3, -0.25) is 0 Å². The number of ether oxygens (including phenoxy) is 1. The van der Waals surface area contributed by atoms with Gasteiger partial charge in [-0.25, -0.2) is 0 Å². The van der Waals surface area contributed by atoms with Gasteiger partial charge in [-0.1, -0.05) is 176 Å². The molecule has 0 saturated carbocycles. The van der Waals surface area contributed by atoms with Crippen molar-refractivity contribution in [3.63, 3.8) is 0 Å². The number of fused-ring (bicyclic) bond motifs is 12. The van der Waals surface area contributed by atoms with Crippen molar-refractivity contribution in [3.8, 4) is 17.2 Å². The highest BCUT2D eigenvalue weighted by molar-refractivity contribution is 7.99. The quantitative estimate of drug-likeness (QED) is 0.166. The van der Waals surface area contributed by atoms with Crippen LogP contribution in [-0.4, -0.2) is 4.57 Å². The summed E-state index contributed by atoms with van der Waals surface area (Å²) in [5.74, 6) is 1.78. The van der Waals surface area contributed by atoms with Crippen LogP contribution in [0.1, 0.15) is 33.4 Å². The van der Waals surface area contributed by atoms with E-state index < -0.39 is 5.41 Å². The molecule has 1 aliphatic carbocycles. The number of nitrogens with zero attached hydrogens (tertiary/aromatic N) is 2. The second-order valence-corrected chi connectivity index (χ2v) is 19.6. The van der Waals surface area contributed by atoms with Gasteiger partial charge in [-0.15, -0.1) is 11.3 Å². The Kier molecular flexibility index (Phi) is 8.91. The number of rotatable bonds is 6. The topological polar surface area (TPSA) is 17.4 Å². The number of hydrogen-bond donors (Lipinski definition) is 0. The van der Waals surface area contributed by atoms with Crippen molar-refractivity contribution >= 4 is 94.3 Å². The van der Waals surface area contributed by atoms with Gasteiger partial charge >= 0.3 is 0 Å². The number of aromatic nitrogens is 1. The van der Waals surface area contributed by atoms with E-state index in [1.807, 2.05) is 17.4 Å². The molecule has 14 rings (SSSR count). The fourth-order valence-corrected chi connectivity index (χ4v) is 13.4. The van der Waals surface area contributed by atoms with Crippen molar-refractivity contribution in [1.82, 2.24) is 4.57 Å². The first-order valence-corrected chi connectivity index (χ1v) is 24.7. The molecule has 10 aromatic carbocycles. The van der Waals surface area contributed by atoms with Crippen LogP contribution in [0.2, 0.25) is 0 Å². The summed E-state index contributed by atoms with van der Waals surface area (Å²) in [6, 6.07) is 84.1. The van der Waals surface area contributed by atoms with Crippen LogP contribution in [0.15, 0.2) is 240 Å². The normalized spacial score (nSPS) is 13.4. The van der Waals surface area contributed by atoms with Gasteiger partial charge in [0, 0.05) is 48.0 Å². The molecule has 0 radical (unpaired) electrons. The van der Waals surface area contributed by atoms with Crippen molar-refractivity contribution in [3.05, 3.63) is 264 Å². The fraction of sp³-hybridized carbons (Fsp3) is 0.0159. The number of benzene rings is 10. The van der Waals surface area contributed by atoms with Crippen LogP contribution < -0.4 is 9.64 Å². The van der Waals surface area contributed by atoms with Crippen LogP contribution in [0.3, 0.4) is 0 Å². The molecule has 320 valence electrons. The number of hydrogen-bond acceptors (Lipinski definition) is 4. The van der Waals surface area contributed by atoms with Crippen LogP contribution in [-0.2, 0) is 5.41 Å². The van der Waals surface area contributed by atoms with Crippen molar-refractivity contribution in [2.75, 3.05) is 4.90 Å². The average molecular weight is 905 g/mol. The Morgan fingerprint density at radius 1 is 0.441 bits per heavy atom. The highest BCUT2D eigenvalue weighted by Gasteiger charge is 2.44. The predicted molar refractivity (Wildman–Crippen MR) is 286 cm³/mol. The number of para-hydroxylation sites is 4. The van der Waals surface area contributed by atoms with E-state index in [2.05, 4.69) is 246 Å². The Balaban J connectivity index is 1.11. The van der Waals surface area contributed by atoms with Crippen molar-refractivity contribution in [2.45, 2.75) is 15.2 Å². The Bertz CT molecular complexity index is 3890. The zero-order valence-corrected chi connectivity index (χ0v) is 38.3. The molecule has 5 heteroatoms. The Morgan fingerprint density at radius 3 is 1.78 bits per heavy atom. The third kappa shape index (κ3) is 5.79. The summed E-state index contributed by atoms with van der Waals surface area (Å²) in [7, 11) is 0. The van der Waals surface area contributed by atoms with E-state index in [-0.39, 0.29) is 0 Å². The smallest absolute Gasteiger partial charge is 0.142 e. The van der Waals surface area contributed by atoms with Crippen LogP contribution in [0.25, 0.3) is 59.8 Å². The van der Waals surface area contributed by atoms with E-state index in [0.29, 0.717) is 0 Å². The third-order valence-electron chi connectivity index (χ3n) is 13.9. The molecule has 0 amide bonds. The standard InChI is InChI=1S/C63H40N2OS2/c1-5-19-41(20-6-1)63(42-21-7-2-8-22-42)51-36-38-57-61(68-59-32-18-16-30-56(59)66-57)47(51)34-35-48-52(63)40-55(60-49-28-14-17-31-58(49)67-62(48)60)65-53-29-15-13-27-46(53)50-39-45(33-37-54(50)65)64(43-23-9-3-10-24-43)44-25-11-4-12-26-44/h1-40H. The summed E-state index contributed by atoms with van der Waals surface area (Å²) in [5.41, 5.74) is 13.4. The van der Waals surface area contributed by atoms with Crippen LogP contribution in [0, 0.1) is 0 Å². The molecule has 2 aliphatic rings. The lowest BCUT2D eigenvalue weighted by molar-refractivity contribution is 0.453. The zero-order valence-electron chi connectivity index (χ0n) is 36.7. The lowest BCUT2D eigenvalue weighted by Gasteiger charge is -2.39. The molecule has 0 atom stereocenters. The van der Waals surface area contributed by atoms with E-state index in [1.165, 1.54) is 64.3 Å². The van der Waals surface area contributed by atoms with Crippen molar-refractivity contribution in [2.24, 2.45) is 0 Å². The SMILES string of the molecule is C1=Cc2c(cc(-n3c4ccccc4c4cc(N(c5ccccc5)c5ccccc5)ccc43)c3c2sc2ccccc23)C(c2ccccc2)(c2ccccc2)c2ccc3c(c21)Sc1ccccc1O3. The van der Waals surface area contributed by atoms with Gasteiger partial charge in [0.15, 0.2) is 0 Å². The van der Waals surface area contributed by atoms with Crippen molar-refractivity contribution in [1.29, 1.82) is 0 Å². The van der Waals surface area contributed by atoms with Gasteiger partial charge in [0.2, 0.25) is 0 Å². The van der Waals surface area contributed by atoms with Gasteiger partial charge in [0.1, 0.15) is 11.5 Å². The molecule has 0 unspecified atom stereocenters. The fourth-order valence-electron chi connectivity index (χ4n) is 11.1. The molecule has 1 aliphatic heterocycles. The summed E-state index contributed by atoms with van der Waals surface area (Å²) < 4.78 is 11.8. The number of thiophene rings is 1. The first-order valence-electron chi connectivity index (χ1n) is 23.1. The minimum absolute atomic E-state index is 0.736.